The Hall–Kier alpha value is -1.35. The van der Waals surface area contributed by atoms with Gasteiger partial charge in [-0.25, -0.2) is 4.79 Å². The molecule has 12 heavy (non-hydrogen) atoms. The summed E-state index contributed by atoms with van der Waals surface area (Å²) < 4.78 is 0. The fraction of sp³-hybridized carbons (Fsp3) is 0.222. The van der Waals surface area contributed by atoms with E-state index in [4.69, 9.17) is 10.8 Å². The zero-order valence-corrected chi connectivity index (χ0v) is 6.87. The fourth-order valence-electron chi connectivity index (χ4n) is 1.06. The molecule has 0 heterocycles. The Balaban J connectivity index is 3.10. The lowest BCUT2D eigenvalue weighted by molar-refractivity contribution is 0.0697. The molecule has 0 aliphatic carbocycles. The molecule has 0 bridgehead atoms. The van der Waals surface area contributed by atoms with Crippen LogP contribution in [0.2, 0.25) is 0 Å². The van der Waals surface area contributed by atoms with E-state index >= 15 is 0 Å². The number of carbonyl (C=O) groups is 1. The first-order valence-corrected chi connectivity index (χ1v) is 3.68. The van der Waals surface area contributed by atoms with Gasteiger partial charge in [0.05, 0.1) is 5.56 Å². The molecule has 0 amide bonds. The van der Waals surface area contributed by atoms with Crippen molar-refractivity contribution < 1.29 is 9.90 Å². The van der Waals surface area contributed by atoms with E-state index in [1.54, 1.807) is 18.2 Å². The van der Waals surface area contributed by atoms with E-state index in [0.29, 0.717) is 12.1 Å². The van der Waals surface area contributed by atoms with Crippen LogP contribution < -0.4 is 5.73 Å². The smallest absolute Gasteiger partial charge is 0.335 e. The summed E-state index contributed by atoms with van der Waals surface area (Å²) in [6.45, 7) is 2.31. The van der Waals surface area contributed by atoms with Gasteiger partial charge in [0, 0.05) is 6.54 Å². The van der Waals surface area contributed by atoms with Crippen molar-refractivity contribution in [3.63, 3.8) is 0 Å². The van der Waals surface area contributed by atoms with Crippen molar-refractivity contribution >= 4 is 5.97 Å². The van der Waals surface area contributed by atoms with Crippen LogP contribution in [0.1, 0.15) is 21.5 Å². The number of hydrogen-bond acceptors (Lipinski definition) is 2. The maximum absolute atomic E-state index is 10.5. The Morgan fingerprint density at radius 1 is 1.58 bits per heavy atom. The molecule has 0 spiro atoms. The maximum Gasteiger partial charge on any atom is 0.335 e. The molecule has 0 saturated heterocycles. The van der Waals surface area contributed by atoms with Gasteiger partial charge >= 0.3 is 5.97 Å². The van der Waals surface area contributed by atoms with Gasteiger partial charge in [0.15, 0.2) is 0 Å². The van der Waals surface area contributed by atoms with Gasteiger partial charge in [-0.3, -0.25) is 0 Å². The van der Waals surface area contributed by atoms with Crippen molar-refractivity contribution in [3.8, 4) is 0 Å². The number of carboxylic acid groups (broad SMARTS) is 1. The number of aromatic carboxylic acids is 1. The fourth-order valence-corrected chi connectivity index (χ4v) is 1.06. The van der Waals surface area contributed by atoms with Crippen molar-refractivity contribution in [1.82, 2.24) is 0 Å². The van der Waals surface area contributed by atoms with E-state index in [-0.39, 0.29) is 0 Å². The summed E-state index contributed by atoms with van der Waals surface area (Å²) in [7, 11) is 0. The third-order valence-corrected chi connectivity index (χ3v) is 1.81. The summed E-state index contributed by atoms with van der Waals surface area (Å²) in [5.41, 5.74) is 7.65. The summed E-state index contributed by atoms with van der Waals surface area (Å²) >= 11 is 0. The van der Waals surface area contributed by atoms with Gasteiger partial charge in [-0.05, 0) is 30.2 Å². The van der Waals surface area contributed by atoms with Crippen LogP contribution >= 0.6 is 0 Å². The molecule has 1 rings (SSSR count). The molecular formula is C9H11NO2. The summed E-state index contributed by atoms with van der Waals surface area (Å²) in [5.74, 6) is -0.901. The number of rotatable bonds is 2. The SMILES string of the molecule is Cc1cc(C(=O)O)ccc1CN. The lowest BCUT2D eigenvalue weighted by Crippen LogP contribution is -2.02. The molecule has 3 nitrogen and oxygen atoms in total. The van der Waals surface area contributed by atoms with E-state index in [1.807, 2.05) is 6.92 Å². The van der Waals surface area contributed by atoms with Crippen LogP contribution in [0, 0.1) is 6.92 Å². The van der Waals surface area contributed by atoms with Crippen molar-refractivity contribution in [3.05, 3.63) is 34.9 Å². The second-order valence-electron chi connectivity index (χ2n) is 2.65. The third-order valence-electron chi connectivity index (χ3n) is 1.81. The molecule has 0 unspecified atom stereocenters. The number of carboxylic acids is 1. The first-order valence-electron chi connectivity index (χ1n) is 3.68. The molecule has 64 valence electrons. The highest BCUT2D eigenvalue weighted by Gasteiger charge is 2.03. The molecule has 0 saturated carbocycles. The molecule has 0 aliphatic rings. The second kappa shape index (κ2) is 3.36. The van der Waals surface area contributed by atoms with E-state index in [0.717, 1.165) is 11.1 Å². The predicted octanol–water partition coefficient (Wildman–Crippen LogP) is 1.15. The summed E-state index contributed by atoms with van der Waals surface area (Å²) in [5, 5.41) is 8.64. The lowest BCUT2D eigenvalue weighted by Gasteiger charge is -2.02. The number of benzene rings is 1. The summed E-state index contributed by atoms with van der Waals surface area (Å²) in [6.07, 6.45) is 0. The van der Waals surface area contributed by atoms with Crippen molar-refractivity contribution in [2.24, 2.45) is 5.73 Å². The molecule has 0 atom stereocenters. The van der Waals surface area contributed by atoms with Gasteiger partial charge in [0.2, 0.25) is 0 Å². The number of nitrogens with two attached hydrogens (primary N) is 1. The van der Waals surface area contributed by atoms with Crippen molar-refractivity contribution in [2.75, 3.05) is 0 Å². The summed E-state index contributed by atoms with van der Waals surface area (Å²) in [6, 6.07) is 4.95. The zero-order valence-electron chi connectivity index (χ0n) is 6.87. The van der Waals surface area contributed by atoms with Crippen molar-refractivity contribution in [1.29, 1.82) is 0 Å². The van der Waals surface area contributed by atoms with Gasteiger partial charge in [-0.2, -0.15) is 0 Å². The van der Waals surface area contributed by atoms with E-state index < -0.39 is 5.97 Å². The Labute approximate surface area is 70.8 Å². The van der Waals surface area contributed by atoms with Crippen LogP contribution in [0.25, 0.3) is 0 Å². The van der Waals surface area contributed by atoms with Crippen LogP contribution in [0.5, 0.6) is 0 Å². The maximum atomic E-state index is 10.5. The normalized spacial score (nSPS) is 9.83. The lowest BCUT2D eigenvalue weighted by atomic mass is 10.1. The summed E-state index contributed by atoms with van der Waals surface area (Å²) in [4.78, 5) is 10.5. The van der Waals surface area contributed by atoms with Crippen LogP contribution in [-0.4, -0.2) is 11.1 Å². The molecule has 0 aromatic heterocycles. The Bertz CT molecular complexity index is 307. The van der Waals surface area contributed by atoms with E-state index in [9.17, 15) is 4.79 Å². The van der Waals surface area contributed by atoms with Crippen LogP contribution in [0.3, 0.4) is 0 Å². The van der Waals surface area contributed by atoms with Gasteiger partial charge in [0.1, 0.15) is 0 Å². The van der Waals surface area contributed by atoms with Crippen LogP contribution in [-0.2, 0) is 6.54 Å². The molecule has 3 N–H and O–H groups in total. The molecule has 1 aromatic carbocycles. The van der Waals surface area contributed by atoms with Gasteiger partial charge < -0.3 is 10.8 Å². The van der Waals surface area contributed by atoms with Gasteiger partial charge in [-0.15, -0.1) is 0 Å². The molecule has 1 aromatic rings. The highest BCUT2D eigenvalue weighted by molar-refractivity contribution is 5.87. The first-order chi connectivity index (χ1) is 5.65. The number of hydrogen-bond donors (Lipinski definition) is 2. The average Bonchev–Trinajstić information content (AvgIpc) is 2.04. The van der Waals surface area contributed by atoms with Gasteiger partial charge in [0.25, 0.3) is 0 Å². The molecule has 0 aliphatic heterocycles. The third kappa shape index (κ3) is 1.62. The highest BCUT2D eigenvalue weighted by Crippen LogP contribution is 2.10. The first kappa shape index (κ1) is 8.74. The minimum Gasteiger partial charge on any atom is -0.478 e. The highest BCUT2D eigenvalue weighted by atomic mass is 16.4. The Morgan fingerprint density at radius 3 is 2.67 bits per heavy atom. The largest absolute Gasteiger partial charge is 0.478 e. The predicted molar refractivity (Wildman–Crippen MR) is 46.0 cm³/mol. The van der Waals surface area contributed by atoms with Gasteiger partial charge in [-0.1, -0.05) is 6.07 Å². The van der Waals surface area contributed by atoms with Crippen LogP contribution in [0.4, 0.5) is 0 Å². The molecule has 3 heteroatoms. The zero-order chi connectivity index (χ0) is 9.14. The van der Waals surface area contributed by atoms with Crippen molar-refractivity contribution in [2.45, 2.75) is 13.5 Å². The Kier molecular flexibility index (Phi) is 2.45. The van der Waals surface area contributed by atoms with E-state index in [2.05, 4.69) is 0 Å². The molecule has 0 fully saturated rings. The van der Waals surface area contributed by atoms with Crippen LogP contribution in [0.15, 0.2) is 18.2 Å². The molecule has 0 radical (unpaired) electrons. The average molecular weight is 165 g/mol. The standard InChI is InChI=1S/C9H11NO2/c1-6-4-7(9(11)12)2-3-8(6)5-10/h2-4H,5,10H2,1H3,(H,11,12). The monoisotopic (exact) mass is 165 g/mol. The minimum atomic E-state index is -0.901. The second-order valence-corrected chi connectivity index (χ2v) is 2.65. The quantitative estimate of drug-likeness (QED) is 0.691. The number of aryl methyl sites for hydroxylation is 1. The molecular weight excluding hydrogens is 154 g/mol. The van der Waals surface area contributed by atoms with E-state index in [1.165, 1.54) is 0 Å². The minimum absolute atomic E-state index is 0.310. The Morgan fingerprint density at radius 2 is 2.25 bits per heavy atom. The topological polar surface area (TPSA) is 63.3 Å².